The van der Waals surface area contributed by atoms with Crippen LogP contribution in [0, 0.1) is 22.7 Å². The zero-order valence-electron chi connectivity index (χ0n) is 20.0. The van der Waals surface area contributed by atoms with Crippen molar-refractivity contribution in [2.75, 3.05) is 0 Å². The van der Waals surface area contributed by atoms with Gasteiger partial charge in [-0.25, -0.2) is 0 Å². The zero-order valence-corrected chi connectivity index (χ0v) is 20.0. The number of hydrogen-bond donors (Lipinski definition) is 0. The molecule has 0 spiro atoms. The molecule has 4 rings (SSSR count). The molecule has 0 aromatic heterocycles. The van der Waals surface area contributed by atoms with E-state index in [1.165, 1.54) is 5.56 Å². The molecule has 0 atom stereocenters. The fourth-order valence-electron chi connectivity index (χ4n) is 4.46. The Bertz CT molecular complexity index is 1510. The van der Waals surface area contributed by atoms with E-state index in [1.807, 2.05) is 48.6 Å². The smallest absolute Gasteiger partial charge is 0.0998 e. The van der Waals surface area contributed by atoms with Gasteiger partial charge in [-0.3, -0.25) is 0 Å². The quantitative estimate of drug-likeness (QED) is 0.294. The van der Waals surface area contributed by atoms with Crippen LogP contribution in [0.1, 0.15) is 47.6 Å². The minimum atomic E-state index is 0.474. The lowest BCUT2D eigenvalue weighted by atomic mass is 9.87. The Morgan fingerprint density at radius 1 is 0.657 bits per heavy atom. The van der Waals surface area contributed by atoms with Crippen molar-refractivity contribution in [1.29, 1.82) is 10.5 Å². The van der Waals surface area contributed by atoms with Crippen LogP contribution in [0.2, 0.25) is 0 Å². The molecule has 35 heavy (non-hydrogen) atoms. The number of hydrogen-bond acceptors (Lipinski definition) is 2. The van der Waals surface area contributed by atoms with Crippen molar-refractivity contribution in [2.24, 2.45) is 0 Å². The Morgan fingerprint density at radius 3 is 1.77 bits per heavy atom. The van der Waals surface area contributed by atoms with Gasteiger partial charge in [0.15, 0.2) is 0 Å². The van der Waals surface area contributed by atoms with Crippen LogP contribution in [0.3, 0.4) is 0 Å². The summed E-state index contributed by atoms with van der Waals surface area (Å²) in [6, 6.07) is 30.5. The van der Waals surface area contributed by atoms with Crippen molar-refractivity contribution in [3.05, 3.63) is 120 Å². The molecule has 0 aliphatic heterocycles. The van der Waals surface area contributed by atoms with Gasteiger partial charge in [0.1, 0.15) is 0 Å². The second kappa shape index (κ2) is 10.1. The van der Waals surface area contributed by atoms with E-state index in [4.69, 9.17) is 0 Å². The Hall–Kier alpha value is -4.66. The Labute approximate surface area is 207 Å². The average Bonchev–Trinajstić information content (AvgIpc) is 2.91. The summed E-state index contributed by atoms with van der Waals surface area (Å²) in [5.74, 6) is 0.474. The highest BCUT2D eigenvalue weighted by Crippen LogP contribution is 2.37. The lowest BCUT2D eigenvalue weighted by Crippen LogP contribution is -1.94. The van der Waals surface area contributed by atoms with Gasteiger partial charge < -0.3 is 0 Å². The van der Waals surface area contributed by atoms with E-state index in [9.17, 15) is 10.5 Å². The summed E-state index contributed by atoms with van der Waals surface area (Å²) in [7, 11) is 0. The third kappa shape index (κ3) is 4.56. The van der Waals surface area contributed by atoms with Crippen molar-refractivity contribution >= 4 is 12.2 Å². The first kappa shape index (κ1) is 23.5. The molecule has 4 aromatic rings. The molecule has 0 N–H and O–H groups in total. The molecule has 0 radical (unpaired) electrons. The van der Waals surface area contributed by atoms with Crippen molar-refractivity contribution in [3.63, 3.8) is 0 Å². The van der Waals surface area contributed by atoms with Gasteiger partial charge in [-0.15, -0.1) is 0 Å². The normalized spacial score (nSPS) is 10.4. The molecular formula is C33H26N2. The highest BCUT2D eigenvalue weighted by atomic mass is 14.3. The summed E-state index contributed by atoms with van der Waals surface area (Å²) in [5.41, 5.74) is 10.1. The summed E-state index contributed by atoms with van der Waals surface area (Å²) in [6.45, 7) is 12.6. The first-order chi connectivity index (χ1) is 17.0. The maximum atomic E-state index is 9.74. The van der Waals surface area contributed by atoms with Crippen LogP contribution >= 0.6 is 0 Å². The molecule has 2 nitrogen and oxygen atoms in total. The lowest BCUT2D eigenvalue weighted by Gasteiger charge is -2.17. The van der Waals surface area contributed by atoms with Gasteiger partial charge in [0.2, 0.25) is 0 Å². The van der Waals surface area contributed by atoms with Crippen molar-refractivity contribution < 1.29 is 0 Å². The van der Waals surface area contributed by atoms with E-state index >= 15 is 0 Å². The van der Waals surface area contributed by atoms with Crippen LogP contribution in [-0.2, 0) is 0 Å². The van der Waals surface area contributed by atoms with E-state index in [1.54, 1.807) is 6.07 Å². The standard InChI is InChI=1S/C33H26N2/c1-5-29-30(6-2)33(16-15-32(29)25-13-11-24(12-14-25)22(3)4)28-18-23(20-34)17-27(19-28)31-10-8-7-9-26(31)21-35/h5-19,22H,1-2H2,3-4H3. The zero-order chi connectivity index (χ0) is 24.9. The predicted octanol–water partition coefficient (Wildman–Crippen LogP) is 8.84. The summed E-state index contributed by atoms with van der Waals surface area (Å²) < 4.78 is 0. The SMILES string of the molecule is C=Cc1c(-c2ccc(C(C)C)cc2)ccc(-c2cc(C#N)cc(-c3ccccc3C#N)c2)c1C=C. The van der Waals surface area contributed by atoms with Gasteiger partial charge in [0.05, 0.1) is 23.3 Å². The van der Waals surface area contributed by atoms with E-state index in [0.29, 0.717) is 17.0 Å². The summed E-state index contributed by atoms with van der Waals surface area (Å²) >= 11 is 0. The second-order valence-corrected chi connectivity index (χ2v) is 8.74. The molecule has 0 aliphatic rings. The Kier molecular flexibility index (Phi) is 6.77. The minimum Gasteiger partial charge on any atom is -0.192 e. The number of rotatable bonds is 6. The largest absolute Gasteiger partial charge is 0.192 e. The molecule has 0 aliphatic carbocycles. The topological polar surface area (TPSA) is 47.6 Å². The van der Waals surface area contributed by atoms with Gasteiger partial charge in [-0.2, -0.15) is 10.5 Å². The maximum Gasteiger partial charge on any atom is 0.0998 e. The molecule has 0 saturated heterocycles. The molecule has 168 valence electrons. The van der Waals surface area contributed by atoms with Crippen molar-refractivity contribution in [3.8, 4) is 45.5 Å². The van der Waals surface area contributed by atoms with Crippen LogP contribution in [0.4, 0.5) is 0 Å². The summed E-state index contributed by atoms with van der Waals surface area (Å²) in [5, 5.41) is 19.3. The molecule has 2 heteroatoms. The predicted molar refractivity (Wildman–Crippen MR) is 146 cm³/mol. The molecule has 0 heterocycles. The number of nitrogens with zero attached hydrogens (tertiary/aromatic N) is 2. The van der Waals surface area contributed by atoms with Crippen LogP contribution < -0.4 is 0 Å². The molecule has 0 unspecified atom stereocenters. The van der Waals surface area contributed by atoms with Crippen LogP contribution in [-0.4, -0.2) is 0 Å². The fourth-order valence-corrected chi connectivity index (χ4v) is 4.46. The van der Waals surface area contributed by atoms with Crippen molar-refractivity contribution in [1.82, 2.24) is 0 Å². The van der Waals surface area contributed by atoms with Gasteiger partial charge in [0.25, 0.3) is 0 Å². The molecular weight excluding hydrogens is 424 g/mol. The Balaban J connectivity index is 1.91. The first-order valence-electron chi connectivity index (χ1n) is 11.6. The van der Waals surface area contributed by atoms with Crippen molar-refractivity contribution in [2.45, 2.75) is 19.8 Å². The Morgan fingerprint density at radius 2 is 1.23 bits per heavy atom. The fraction of sp³-hybridized carbons (Fsp3) is 0.0909. The molecule has 0 amide bonds. The van der Waals surface area contributed by atoms with Gasteiger partial charge in [0, 0.05) is 0 Å². The molecule has 0 saturated carbocycles. The number of benzene rings is 4. The lowest BCUT2D eigenvalue weighted by molar-refractivity contribution is 0.867. The molecule has 0 bridgehead atoms. The van der Waals surface area contributed by atoms with E-state index < -0.39 is 0 Å². The second-order valence-electron chi connectivity index (χ2n) is 8.74. The first-order valence-corrected chi connectivity index (χ1v) is 11.6. The van der Waals surface area contributed by atoms with Crippen LogP contribution in [0.15, 0.2) is 92.0 Å². The summed E-state index contributed by atoms with van der Waals surface area (Å²) in [4.78, 5) is 0. The van der Waals surface area contributed by atoms with Crippen LogP contribution in [0.5, 0.6) is 0 Å². The van der Waals surface area contributed by atoms with E-state index in [0.717, 1.165) is 44.5 Å². The third-order valence-electron chi connectivity index (χ3n) is 6.32. The maximum absolute atomic E-state index is 9.74. The van der Waals surface area contributed by atoms with E-state index in [-0.39, 0.29) is 0 Å². The highest BCUT2D eigenvalue weighted by Gasteiger charge is 2.15. The van der Waals surface area contributed by atoms with Gasteiger partial charge in [-0.05, 0) is 80.3 Å². The van der Waals surface area contributed by atoms with Crippen LogP contribution in [0.25, 0.3) is 45.5 Å². The average molecular weight is 451 g/mol. The summed E-state index contributed by atoms with van der Waals surface area (Å²) in [6.07, 6.45) is 3.71. The molecule has 0 fully saturated rings. The highest BCUT2D eigenvalue weighted by molar-refractivity contribution is 5.90. The third-order valence-corrected chi connectivity index (χ3v) is 6.32. The van der Waals surface area contributed by atoms with E-state index in [2.05, 4.69) is 75.5 Å². The number of nitriles is 2. The van der Waals surface area contributed by atoms with Gasteiger partial charge in [-0.1, -0.05) is 93.8 Å². The monoisotopic (exact) mass is 450 g/mol. The minimum absolute atomic E-state index is 0.474. The van der Waals surface area contributed by atoms with Gasteiger partial charge >= 0.3 is 0 Å². The molecule has 4 aromatic carbocycles.